The summed E-state index contributed by atoms with van der Waals surface area (Å²) in [6.45, 7) is 4.62. The van der Waals surface area contributed by atoms with E-state index in [2.05, 4.69) is 29.6 Å². The first-order chi connectivity index (χ1) is 16.8. The van der Waals surface area contributed by atoms with E-state index in [1.807, 2.05) is 31.2 Å². The summed E-state index contributed by atoms with van der Waals surface area (Å²) in [5.41, 5.74) is 3.58. The minimum Gasteiger partial charge on any atom is -0.481 e. The molecule has 4 unspecified atom stereocenters. The number of benzene rings is 2. The number of nitrogens with zero attached hydrogens (tertiary/aromatic N) is 1. The molecular formula is C27H30N2O6. The molecule has 0 bridgehead atoms. The Morgan fingerprint density at radius 1 is 1.09 bits per heavy atom. The van der Waals surface area contributed by atoms with Crippen molar-refractivity contribution in [1.82, 2.24) is 10.2 Å². The van der Waals surface area contributed by atoms with E-state index in [1.165, 1.54) is 0 Å². The monoisotopic (exact) mass is 478 g/mol. The van der Waals surface area contributed by atoms with Crippen molar-refractivity contribution >= 4 is 18.0 Å². The number of carboxylic acids is 1. The number of carbonyl (C=O) groups excluding carboxylic acids is 2. The van der Waals surface area contributed by atoms with Crippen LogP contribution in [0, 0.1) is 17.3 Å². The second-order valence-electron chi connectivity index (χ2n) is 10.1. The molecule has 2 saturated heterocycles. The van der Waals surface area contributed by atoms with Gasteiger partial charge in [0, 0.05) is 19.0 Å². The Kier molecular flexibility index (Phi) is 6.01. The number of aliphatic carboxylic acids is 1. The SMILES string of the molecule is CC1CN(C(=O)C2COCC2NC(=O)OCC2c3ccccc3-c3ccccc32)CC1(C)C(=O)O. The number of hydrogen-bond acceptors (Lipinski definition) is 5. The van der Waals surface area contributed by atoms with Crippen molar-refractivity contribution in [1.29, 1.82) is 0 Å². The first-order valence-corrected chi connectivity index (χ1v) is 12.0. The fraction of sp³-hybridized carbons (Fsp3) is 0.444. The molecule has 2 heterocycles. The maximum absolute atomic E-state index is 13.2. The third-order valence-electron chi connectivity index (χ3n) is 7.95. The zero-order valence-corrected chi connectivity index (χ0v) is 19.9. The van der Waals surface area contributed by atoms with E-state index >= 15 is 0 Å². The number of alkyl carbamates (subject to hydrolysis) is 1. The van der Waals surface area contributed by atoms with Gasteiger partial charge in [-0.25, -0.2) is 4.79 Å². The molecule has 1 aliphatic carbocycles. The standard InChI is InChI=1S/C27H30N2O6/c1-16-11-29(15-27(16,2)25(31)32)24(30)22-12-34-14-23(22)28-26(33)35-13-21-19-9-5-3-7-17(19)18-8-4-6-10-20(18)21/h3-10,16,21-23H,11-15H2,1-2H3,(H,28,33)(H,31,32). The largest absolute Gasteiger partial charge is 0.481 e. The van der Waals surface area contributed by atoms with Crippen LogP contribution in [0.2, 0.25) is 0 Å². The average Bonchev–Trinajstić information content (AvgIpc) is 3.52. The molecule has 5 rings (SSSR count). The molecule has 2 amide bonds. The maximum Gasteiger partial charge on any atom is 0.407 e. The smallest absolute Gasteiger partial charge is 0.407 e. The van der Waals surface area contributed by atoms with Crippen molar-refractivity contribution in [3.8, 4) is 11.1 Å². The summed E-state index contributed by atoms with van der Waals surface area (Å²) in [5.74, 6) is -1.89. The summed E-state index contributed by atoms with van der Waals surface area (Å²) in [5, 5.41) is 12.4. The van der Waals surface area contributed by atoms with E-state index in [0.717, 1.165) is 22.3 Å². The topological polar surface area (TPSA) is 105 Å². The number of amides is 2. The number of nitrogens with one attached hydrogen (secondary N) is 1. The lowest BCUT2D eigenvalue weighted by molar-refractivity contribution is -0.149. The molecule has 2 N–H and O–H groups in total. The fourth-order valence-corrected chi connectivity index (χ4v) is 5.56. The quantitative estimate of drug-likeness (QED) is 0.684. The molecule has 3 aliphatic rings. The molecule has 8 heteroatoms. The van der Waals surface area contributed by atoms with Gasteiger partial charge < -0.3 is 24.8 Å². The molecule has 0 saturated carbocycles. The van der Waals surface area contributed by atoms with E-state index in [4.69, 9.17) is 9.47 Å². The highest BCUT2D eigenvalue weighted by atomic mass is 16.5. The minimum atomic E-state index is -0.981. The van der Waals surface area contributed by atoms with Crippen molar-refractivity contribution in [3.63, 3.8) is 0 Å². The first-order valence-electron chi connectivity index (χ1n) is 12.0. The molecule has 8 nitrogen and oxygen atoms in total. The summed E-state index contributed by atoms with van der Waals surface area (Å²) < 4.78 is 11.1. The number of hydrogen-bond donors (Lipinski definition) is 2. The first kappa shape index (κ1) is 23.4. The van der Waals surface area contributed by atoms with Gasteiger partial charge in [0.1, 0.15) is 6.61 Å². The lowest BCUT2D eigenvalue weighted by Gasteiger charge is -2.25. The normalized spacial score (nSPS) is 27.4. The maximum atomic E-state index is 13.2. The number of rotatable bonds is 5. The molecule has 4 atom stereocenters. The Bertz CT molecular complexity index is 1120. The third-order valence-corrected chi connectivity index (χ3v) is 7.95. The van der Waals surface area contributed by atoms with Crippen LogP contribution in [0.4, 0.5) is 4.79 Å². The van der Waals surface area contributed by atoms with Crippen LogP contribution in [-0.2, 0) is 19.1 Å². The van der Waals surface area contributed by atoms with E-state index in [1.54, 1.807) is 11.8 Å². The summed E-state index contributed by atoms with van der Waals surface area (Å²) in [7, 11) is 0. The Morgan fingerprint density at radius 2 is 1.71 bits per heavy atom. The molecular weight excluding hydrogens is 448 g/mol. The van der Waals surface area contributed by atoms with Crippen LogP contribution in [0.1, 0.15) is 30.9 Å². The Labute approximate surface area is 204 Å². The number of fused-ring (bicyclic) bond motifs is 3. The van der Waals surface area contributed by atoms with Gasteiger partial charge in [0.25, 0.3) is 0 Å². The van der Waals surface area contributed by atoms with Crippen molar-refractivity contribution in [2.45, 2.75) is 25.8 Å². The van der Waals surface area contributed by atoms with E-state index in [-0.39, 0.29) is 44.1 Å². The van der Waals surface area contributed by atoms with Gasteiger partial charge in [-0.05, 0) is 35.1 Å². The highest BCUT2D eigenvalue weighted by Crippen LogP contribution is 2.44. The van der Waals surface area contributed by atoms with Crippen LogP contribution in [0.25, 0.3) is 11.1 Å². The number of carboxylic acid groups (broad SMARTS) is 1. The summed E-state index contributed by atoms with van der Waals surface area (Å²) >= 11 is 0. The lowest BCUT2D eigenvalue weighted by Crippen LogP contribution is -2.48. The van der Waals surface area contributed by atoms with E-state index in [9.17, 15) is 19.5 Å². The van der Waals surface area contributed by atoms with Gasteiger partial charge in [0.05, 0.1) is 30.6 Å². The van der Waals surface area contributed by atoms with Crippen LogP contribution in [0.15, 0.2) is 48.5 Å². The van der Waals surface area contributed by atoms with Gasteiger partial charge in [0.15, 0.2) is 0 Å². The van der Waals surface area contributed by atoms with Crippen molar-refractivity contribution in [2.75, 3.05) is 32.9 Å². The molecule has 2 aromatic rings. The second kappa shape index (κ2) is 9.00. The van der Waals surface area contributed by atoms with Crippen molar-refractivity contribution < 1.29 is 29.0 Å². The van der Waals surface area contributed by atoms with Crippen LogP contribution in [-0.4, -0.2) is 66.9 Å². The minimum absolute atomic E-state index is 0.0507. The fourth-order valence-electron chi connectivity index (χ4n) is 5.56. The second-order valence-corrected chi connectivity index (χ2v) is 10.1. The lowest BCUT2D eigenvalue weighted by atomic mass is 9.81. The molecule has 35 heavy (non-hydrogen) atoms. The molecule has 2 aliphatic heterocycles. The van der Waals surface area contributed by atoms with Crippen LogP contribution in [0.5, 0.6) is 0 Å². The third kappa shape index (κ3) is 4.05. The van der Waals surface area contributed by atoms with Crippen molar-refractivity contribution in [3.05, 3.63) is 59.7 Å². The highest BCUT2D eigenvalue weighted by molar-refractivity contribution is 5.84. The van der Waals surface area contributed by atoms with Crippen molar-refractivity contribution in [2.24, 2.45) is 17.3 Å². The molecule has 0 spiro atoms. The summed E-state index contributed by atoms with van der Waals surface area (Å²) in [4.78, 5) is 39.2. The molecule has 2 aromatic carbocycles. The number of ether oxygens (including phenoxy) is 2. The van der Waals surface area contributed by atoms with Gasteiger partial charge in [-0.1, -0.05) is 55.5 Å². The van der Waals surface area contributed by atoms with Gasteiger partial charge in [-0.2, -0.15) is 0 Å². The van der Waals surface area contributed by atoms with Crippen LogP contribution in [0.3, 0.4) is 0 Å². The van der Waals surface area contributed by atoms with Gasteiger partial charge in [-0.3, -0.25) is 9.59 Å². The number of carbonyl (C=O) groups is 3. The highest BCUT2D eigenvalue weighted by Gasteiger charge is 2.50. The van der Waals surface area contributed by atoms with E-state index in [0.29, 0.717) is 6.54 Å². The van der Waals surface area contributed by atoms with Gasteiger partial charge >= 0.3 is 12.1 Å². The molecule has 184 valence electrons. The Hall–Kier alpha value is -3.39. The zero-order chi connectivity index (χ0) is 24.7. The molecule has 0 radical (unpaired) electrons. The van der Waals surface area contributed by atoms with Gasteiger partial charge in [0.2, 0.25) is 5.91 Å². The Morgan fingerprint density at radius 3 is 2.31 bits per heavy atom. The van der Waals surface area contributed by atoms with Crippen LogP contribution >= 0.6 is 0 Å². The number of likely N-dealkylation sites (tertiary alicyclic amines) is 1. The molecule has 0 aromatic heterocycles. The molecule has 2 fully saturated rings. The average molecular weight is 479 g/mol. The summed E-state index contributed by atoms with van der Waals surface area (Å²) in [6, 6.07) is 15.7. The predicted octanol–water partition coefficient (Wildman–Crippen LogP) is 3.11. The van der Waals surface area contributed by atoms with E-state index < -0.39 is 29.4 Å². The summed E-state index contributed by atoms with van der Waals surface area (Å²) in [6.07, 6.45) is -0.592. The predicted molar refractivity (Wildman–Crippen MR) is 128 cm³/mol. The van der Waals surface area contributed by atoms with Gasteiger partial charge in [-0.15, -0.1) is 0 Å². The van der Waals surface area contributed by atoms with Crippen LogP contribution < -0.4 is 5.32 Å². The Balaban J connectivity index is 1.21. The zero-order valence-electron chi connectivity index (χ0n) is 19.9.